The minimum absolute atomic E-state index is 0.246. The predicted octanol–water partition coefficient (Wildman–Crippen LogP) is 2.45. The third kappa shape index (κ3) is 5.29. The van der Waals surface area contributed by atoms with Gasteiger partial charge in [-0.15, -0.1) is 0 Å². The summed E-state index contributed by atoms with van der Waals surface area (Å²) in [6, 6.07) is 14.1. The number of ether oxygens (including phenoxy) is 1. The van der Waals surface area contributed by atoms with E-state index < -0.39 is 0 Å². The van der Waals surface area contributed by atoms with Crippen molar-refractivity contribution in [1.82, 2.24) is 5.06 Å². The molecule has 1 unspecified atom stereocenters. The maximum absolute atomic E-state index is 12.3. The minimum Gasteiger partial charge on any atom is -0.397 e. The summed E-state index contributed by atoms with van der Waals surface area (Å²) in [5.41, 5.74) is 8.29. The largest absolute Gasteiger partial charge is 0.397 e. The van der Waals surface area contributed by atoms with Crippen molar-refractivity contribution in [2.45, 2.75) is 13.0 Å². The Morgan fingerprint density at radius 2 is 2.04 bits per heavy atom. The molecular formula is C20H23N3O4. The van der Waals surface area contributed by atoms with E-state index >= 15 is 0 Å². The lowest BCUT2D eigenvalue weighted by molar-refractivity contribution is -0.181. The molecule has 0 spiro atoms. The molecule has 0 saturated carbocycles. The van der Waals surface area contributed by atoms with Crippen LogP contribution in [0.4, 0.5) is 11.4 Å². The smallest absolute Gasteiger partial charge is 0.255 e. The molecule has 0 radical (unpaired) electrons. The van der Waals surface area contributed by atoms with Gasteiger partial charge in [-0.05, 0) is 36.2 Å². The van der Waals surface area contributed by atoms with Crippen LogP contribution < -0.4 is 11.1 Å². The van der Waals surface area contributed by atoms with Gasteiger partial charge in [0.15, 0.2) is 0 Å². The van der Waals surface area contributed by atoms with Crippen LogP contribution in [0.1, 0.15) is 22.3 Å². The predicted molar refractivity (Wildman–Crippen MR) is 102 cm³/mol. The maximum atomic E-state index is 12.3. The zero-order valence-corrected chi connectivity index (χ0v) is 15.0. The van der Waals surface area contributed by atoms with Crippen molar-refractivity contribution in [2.75, 3.05) is 30.9 Å². The summed E-state index contributed by atoms with van der Waals surface area (Å²) in [5, 5.41) is 4.04. The van der Waals surface area contributed by atoms with Crippen LogP contribution >= 0.6 is 0 Å². The van der Waals surface area contributed by atoms with Crippen molar-refractivity contribution in [2.24, 2.45) is 5.92 Å². The molecule has 27 heavy (non-hydrogen) atoms. The first-order chi connectivity index (χ1) is 13.2. The molecule has 2 aromatic carbocycles. The van der Waals surface area contributed by atoms with Gasteiger partial charge in [0, 0.05) is 18.1 Å². The molecule has 0 aliphatic carbocycles. The van der Waals surface area contributed by atoms with Crippen LogP contribution in [0.3, 0.4) is 0 Å². The second-order valence-electron chi connectivity index (χ2n) is 6.44. The molecule has 142 valence electrons. The highest BCUT2D eigenvalue weighted by molar-refractivity contribution is 6.05. The average Bonchev–Trinajstić information content (AvgIpc) is 3.21. The molecule has 1 atom stereocenters. The monoisotopic (exact) mass is 369 g/mol. The Bertz CT molecular complexity index is 773. The second-order valence-corrected chi connectivity index (χ2v) is 6.44. The molecule has 3 N–H and O–H groups in total. The molecule has 1 aliphatic heterocycles. The summed E-state index contributed by atoms with van der Waals surface area (Å²) in [4.78, 5) is 29.1. The first-order valence-corrected chi connectivity index (χ1v) is 8.83. The number of nitrogen functional groups attached to an aromatic ring is 1. The molecule has 7 heteroatoms. The first kappa shape index (κ1) is 18.9. The van der Waals surface area contributed by atoms with Crippen molar-refractivity contribution in [1.29, 1.82) is 0 Å². The fraction of sp³-hybridized carbons (Fsp3) is 0.300. The van der Waals surface area contributed by atoms with E-state index in [-0.39, 0.29) is 5.91 Å². The van der Waals surface area contributed by atoms with Crippen molar-refractivity contribution in [3.05, 3.63) is 59.7 Å². The van der Waals surface area contributed by atoms with E-state index in [2.05, 4.69) is 5.32 Å². The SMILES string of the molecule is Nc1ccccc1NC(=O)c1ccc(CN(C=O)OCC2CCOC2)cc1. The van der Waals surface area contributed by atoms with E-state index in [1.807, 2.05) is 0 Å². The topological polar surface area (TPSA) is 93.9 Å². The molecule has 1 aliphatic rings. The zero-order valence-electron chi connectivity index (χ0n) is 15.0. The van der Waals surface area contributed by atoms with Gasteiger partial charge in [0.25, 0.3) is 5.91 Å². The molecule has 1 saturated heterocycles. The van der Waals surface area contributed by atoms with E-state index in [1.165, 1.54) is 5.06 Å². The van der Waals surface area contributed by atoms with Gasteiger partial charge < -0.3 is 15.8 Å². The van der Waals surface area contributed by atoms with Gasteiger partial charge >= 0.3 is 0 Å². The highest BCUT2D eigenvalue weighted by Crippen LogP contribution is 2.18. The average molecular weight is 369 g/mol. The van der Waals surface area contributed by atoms with E-state index in [0.29, 0.717) is 49.0 Å². The van der Waals surface area contributed by atoms with Crippen LogP contribution in [0.5, 0.6) is 0 Å². The number of hydroxylamine groups is 2. The summed E-state index contributed by atoms with van der Waals surface area (Å²) < 4.78 is 5.29. The Balaban J connectivity index is 1.54. The van der Waals surface area contributed by atoms with Crippen molar-refractivity contribution >= 4 is 23.7 Å². The molecule has 0 bridgehead atoms. The molecule has 2 amide bonds. The van der Waals surface area contributed by atoms with Crippen LogP contribution in [0, 0.1) is 5.92 Å². The van der Waals surface area contributed by atoms with Crippen molar-refractivity contribution in [3.8, 4) is 0 Å². The number of hydrogen-bond donors (Lipinski definition) is 2. The van der Waals surface area contributed by atoms with E-state index in [9.17, 15) is 9.59 Å². The lowest BCUT2D eigenvalue weighted by Gasteiger charge is -2.19. The minimum atomic E-state index is -0.246. The Hall–Kier alpha value is -2.90. The van der Waals surface area contributed by atoms with Gasteiger partial charge in [-0.3, -0.25) is 14.4 Å². The van der Waals surface area contributed by atoms with Gasteiger partial charge in [-0.1, -0.05) is 24.3 Å². The van der Waals surface area contributed by atoms with Gasteiger partial charge in [-0.25, -0.2) is 5.06 Å². The number of hydrogen-bond acceptors (Lipinski definition) is 5. The number of nitrogens with two attached hydrogens (primary N) is 1. The number of nitrogens with one attached hydrogen (secondary N) is 1. The number of nitrogens with zero attached hydrogens (tertiary/aromatic N) is 1. The van der Waals surface area contributed by atoms with Crippen LogP contribution in [0.25, 0.3) is 0 Å². The van der Waals surface area contributed by atoms with E-state index in [1.54, 1.807) is 48.5 Å². The third-order valence-electron chi connectivity index (χ3n) is 4.38. The van der Waals surface area contributed by atoms with Gasteiger partial charge in [0.05, 0.1) is 31.1 Å². The lowest BCUT2D eigenvalue weighted by Crippen LogP contribution is -2.25. The van der Waals surface area contributed by atoms with Crippen molar-refractivity contribution in [3.63, 3.8) is 0 Å². The zero-order chi connectivity index (χ0) is 19.1. The highest BCUT2D eigenvalue weighted by atomic mass is 16.7. The Morgan fingerprint density at radius 1 is 1.26 bits per heavy atom. The Kier molecular flexibility index (Phi) is 6.40. The number of benzene rings is 2. The highest BCUT2D eigenvalue weighted by Gasteiger charge is 2.17. The summed E-state index contributed by atoms with van der Waals surface area (Å²) in [6.07, 6.45) is 1.61. The summed E-state index contributed by atoms with van der Waals surface area (Å²) >= 11 is 0. The Morgan fingerprint density at radius 3 is 2.70 bits per heavy atom. The Labute approximate surface area is 158 Å². The quantitative estimate of drug-likeness (QED) is 0.423. The van der Waals surface area contributed by atoms with Gasteiger partial charge in [0.2, 0.25) is 6.41 Å². The molecule has 2 aromatic rings. The number of carbonyl (C=O) groups excluding carboxylic acids is 2. The van der Waals surface area contributed by atoms with Crippen LogP contribution in [0.15, 0.2) is 48.5 Å². The van der Waals surface area contributed by atoms with Crippen LogP contribution in [-0.2, 0) is 20.9 Å². The lowest BCUT2D eigenvalue weighted by atomic mass is 10.1. The maximum Gasteiger partial charge on any atom is 0.255 e. The fourth-order valence-electron chi connectivity index (χ4n) is 2.78. The number of anilines is 2. The first-order valence-electron chi connectivity index (χ1n) is 8.83. The summed E-state index contributed by atoms with van der Waals surface area (Å²) in [5.74, 6) is 0.0770. The van der Waals surface area contributed by atoms with E-state index in [0.717, 1.165) is 18.6 Å². The molecule has 7 nitrogen and oxygen atoms in total. The molecule has 1 heterocycles. The number of para-hydroxylation sites is 2. The standard InChI is InChI=1S/C20H23N3O4/c21-18-3-1-2-4-19(18)22-20(25)17-7-5-15(6-8-17)11-23(14-24)27-13-16-9-10-26-12-16/h1-8,14,16H,9-13,21H2,(H,22,25). The van der Waals surface area contributed by atoms with Crippen LogP contribution in [0.2, 0.25) is 0 Å². The van der Waals surface area contributed by atoms with Crippen LogP contribution in [-0.4, -0.2) is 37.2 Å². The van der Waals surface area contributed by atoms with E-state index in [4.69, 9.17) is 15.3 Å². The normalized spacial score (nSPS) is 16.1. The molecule has 1 fully saturated rings. The number of carbonyl (C=O) groups is 2. The second kappa shape index (κ2) is 9.16. The molecule has 3 rings (SSSR count). The molecule has 0 aromatic heterocycles. The fourth-order valence-corrected chi connectivity index (χ4v) is 2.78. The summed E-state index contributed by atoms with van der Waals surface area (Å²) in [7, 11) is 0. The molecular weight excluding hydrogens is 346 g/mol. The number of rotatable bonds is 8. The van der Waals surface area contributed by atoms with Gasteiger partial charge in [-0.2, -0.15) is 0 Å². The summed E-state index contributed by atoms with van der Waals surface area (Å²) in [6.45, 7) is 2.18. The third-order valence-corrected chi connectivity index (χ3v) is 4.38. The number of amides is 2. The van der Waals surface area contributed by atoms with Crippen molar-refractivity contribution < 1.29 is 19.2 Å². The van der Waals surface area contributed by atoms with Gasteiger partial charge in [0.1, 0.15) is 0 Å².